The molecule has 162 valence electrons. The summed E-state index contributed by atoms with van der Waals surface area (Å²) < 4.78 is 23.8. The fourth-order valence-corrected chi connectivity index (χ4v) is 2.57. The average molecular weight is 416 g/mol. The van der Waals surface area contributed by atoms with E-state index in [1.807, 2.05) is 19.1 Å². The first-order valence-corrected chi connectivity index (χ1v) is 9.89. The Bertz CT molecular complexity index is 830. The molecule has 0 aromatic heterocycles. The fourth-order valence-electron chi connectivity index (χ4n) is 2.57. The molecule has 0 aliphatic carbocycles. The first kappa shape index (κ1) is 23.2. The van der Waals surface area contributed by atoms with Crippen LogP contribution in [0.1, 0.15) is 45.2 Å². The van der Waals surface area contributed by atoms with Gasteiger partial charge in [0.15, 0.2) is 0 Å². The summed E-state index contributed by atoms with van der Waals surface area (Å²) >= 11 is 0. The van der Waals surface area contributed by atoms with E-state index in [2.05, 4.69) is 10.6 Å². The predicted octanol–water partition coefficient (Wildman–Crippen LogP) is 4.32. The number of amides is 2. The molecule has 0 saturated carbocycles. The van der Waals surface area contributed by atoms with Crippen molar-refractivity contribution < 1.29 is 23.5 Å². The molecule has 2 rings (SSSR count). The van der Waals surface area contributed by atoms with Gasteiger partial charge in [0.1, 0.15) is 29.8 Å². The quantitative estimate of drug-likeness (QED) is 0.672. The summed E-state index contributed by atoms with van der Waals surface area (Å²) in [6, 6.07) is 12.8. The molecule has 0 aliphatic rings. The molecule has 0 spiro atoms. The summed E-state index contributed by atoms with van der Waals surface area (Å²) in [7, 11) is 0. The van der Waals surface area contributed by atoms with Crippen molar-refractivity contribution in [3.63, 3.8) is 0 Å². The van der Waals surface area contributed by atoms with Gasteiger partial charge in [-0.15, -0.1) is 0 Å². The van der Waals surface area contributed by atoms with E-state index in [-0.39, 0.29) is 11.7 Å². The summed E-state index contributed by atoms with van der Waals surface area (Å²) in [5.41, 5.74) is 1.14. The van der Waals surface area contributed by atoms with Crippen molar-refractivity contribution >= 4 is 12.0 Å². The minimum atomic E-state index is -0.668. The predicted molar refractivity (Wildman–Crippen MR) is 112 cm³/mol. The van der Waals surface area contributed by atoms with Crippen molar-refractivity contribution in [1.82, 2.24) is 10.6 Å². The summed E-state index contributed by atoms with van der Waals surface area (Å²) in [4.78, 5) is 24.2. The van der Waals surface area contributed by atoms with Crippen molar-refractivity contribution in [1.29, 1.82) is 0 Å². The highest BCUT2D eigenvalue weighted by molar-refractivity contribution is 5.85. The Morgan fingerprint density at radius 1 is 1.00 bits per heavy atom. The molecule has 30 heavy (non-hydrogen) atoms. The van der Waals surface area contributed by atoms with E-state index in [9.17, 15) is 14.0 Å². The van der Waals surface area contributed by atoms with Crippen LogP contribution in [0.3, 0.4) is 0 Å². The molecule has 0 bridgehead atoms. The topological polar surface area (TPSA) is 76.7 Å². The fraction of sp³-hybridized carbons (Fsp3) is 0.391. The number of ether oxygens (including phenoxy) is 2. The van der Waals surface area contributed by atoms with Crippen LogP contribution in [0.15, 0.2) is 48.5 Å². The zero-order valence-electron chi connectivity index (χ0n) is 17.8. The van der Waals surface area contributed by atoms with Gasteiger partial charge < -0.3 is 20.1 Å². The van der Waals surface area contributed by atoms with Crippen molar-refractivity contribution in [3.8, 4) is 5.75 Å². The molecule has 2 aromatic rings. The molecule has 2 aromatic carbocycles. The van der Waals surface area contributed by atoms with E-state index in [4.69, 9.17) is 9.47 Å². The maximum absolute atomic E-state index is 12.9. The Morgan fingerprint density at radius 3 is 2.17 bits per heavy atom. The van der Waals surface area contributed by atoms with Crippen LogP contribution in [0.25, 0.3) is 0 Å². The summed E-state index contributed by atoms with van der Waals surface area (Å²) in [5, 5.41) is 5.40. The zero-order chi connectivity index (χ0) is 22.1. The van der Waals surface area contributed by atoms with Crippen LogP contribution < -0.4 is 15.4 Å². The number of hydrogen-bond acceptors (Lipinski definition) is 4. The Hall–Kier alpha value is -3.09. The highest BCUT2D eigenvalue weighted by atomic mass is 19.1. The Kier molecular flexibility index (Phi) is 8.21. The van der Waals surface area contributed by atoms with Gasteiger partial charge in [0.05, 0.1) is 0 Å². The third-order valence-electron chi connectivity index (χ3n) is 4.12. The monoisotopic (exact) mass is 416 g/mol. The highest BCUT2D eigenvalue weighted by Gasteiger charge is 2.22. The second-order valence-electron chi connectivity index (χ2n) is 7.88. The molecule has 2 amide bonds. The maximum atomic E-state index is 12.9. The van der Waals surface area contributed by atoms with Gasteiger partial charge >= 0.3 is 6.09 Å². The maximum Gasteiger partial charge on any atom is 0.408 e. The van der Waals surface area contributed by atoms with Gasteiger partial charge in [0, 0.05) is 6.54 Å². The molecule has 2 N–H and O–H groups in total. The van der Waals surface area contributed by atoms with Gasteiger partial charge in [-0.3, -0.25) is 4.79 Å². The van der Waals surface area contributed by atoms with Crippen molar-refractivity contribution in [2.45, 2.75) is 58.9 Å². The van der Waals surface area contributed by atoms with E-state index in [1.54, 1.807) is 45.0 Å². The lowest BCUT2D eigenvalue weighted by Gasteiger charge is -2.22. The first-order chi connectivity index (χ1) is 14.2. The largest absolute Gasteiger partial charge is 0.489 e. The van der Waals surface area contributed by atoms with Crippen molar-refractivity contribution in [3.05, 3.63) is 65.5 Å². The Labute approximate surface area is 176 Å². The summed E-state index contributed by atoms with van der Waals surface area (Å²) in [6.07, 6.45) is -0.173. The van der Waals surface area contributed by atoms with Crippen LogP contribution in [0.4, 0.5) is 9.18 Å². The van der Waals surface area contributed by atoms with Crippen LogP contribution in [0.5, 0.6) is 5.75 Å². The van der Waals surface area contributed by atoms with Crippen LogP contribution in [0.2, 0.25) is 0 Å². The number of nitrogens with one attached hydrogen (secondary N) is 2. The van der Waals surface area contributed by atoms with Gasteiger partial charge in [-0.1, -0.05) is 31.2 Å². The standard InChI is InChI=1S/C23H29FN2O4/c1-5-20(26-22(28)30-23(2,3)4)21(27)25-14-16-8-12-19(13-9-16)29-15-17-6-10-18(24)11-7-17/h6-13,20H,5,14-15H2,1-4H3,(H,25,27)(H,26,28)/t20-/m0/s1. The zero-order valence-corrected chi connectivity index (χ0v) is 17.8. The molecular formula is C23H29FN2O4. The van der Waals surface area contributed by atoms with E-state index in [0.29, 0.717) is 25.3 Å². The van der Waals surface area contributed by atoms with Gasteiger partial charge in [0.25, 0.3) is 0 Å². The van der Waals surface area contributed by atoms with E-state index >= 15 is 0 Å². The third-order valence-corrected chi connectivity index (χ3v) is 4.12. The molecule has 0 fully saturated rings. The van der Waals surface area contributed by atoms with E-state index in [0.717, 1.165) is 11.1 Å². The van der Waals surface area contributed by atoms with E-state index < -0.39 is 17.7 Å². The Morgan fingerprint density at radius 2 is 1.60 bits per heavy atom. The summed E-state index contributed by atoms with van der Waals surface area (Å²) in [5.74, 6) is 0.115. The second-order valence-corrected chi connectivity index (χ2v) is 7.88. The number of alkyl carbamates (subject to hydrolysis) is 1. The van der Waals surface area contributed by atoms with Crippen LogP contribution >= 0.6 is 0 Å². The van der Waals surface area contributed by atoms with Crippen LogP contribution in [0, 0.1) is 5.82 Å². The second kappa shape index (κ2) is 10.6. The third kappa shape index (κ3) is 8.11. The summed E-state index contributed by atoms with van der Waals surface area (Å²) in [6.45, 7) is 7.77. The molecule has 1 atom stereocenters. The van der Waals surface area contributed by atoms with Crippen LogP contribution in [-0.4, -0.2) is 23.6 Å². The molecule has 0 radical (unpaired) electrons. The molecule has 7 heteroatoms. The van der Waals surface area contributed by atoms with Gasteiger partial charge in [-0.05, 0) is 62.6 Å². The van der Waals surface area contributed by atoms with Crippen molar-refractivity contribution in [2.75, 3.05) is 0 Å². The molecule has 0 heterocycles. The average Bonchev–Trinajstić information content (AvgIpc) is 2.69. The first-order valence-electron chi connectivity index (χ1n) is 9.89. The lowest BCUT2D eigenvalue weighted by atomic mass is 10.2. The van der Waals surface area contributed by atoms with Crippen molar-refractivity contribution in [2.24, 2.45) is 0 Å². The number of carbonyl (C=O) groups is 2. The lowest BCUT2D eigenvalue weighted by Crippen LogP contribution is -2.47. The number of rotatable bonds is 8. The van der Waals surface area contributed by atoms with Gasteiger partial charge in [0.2, 0.25) is 5.91 Å². The number of carbonyl (C=O) groups excluding carboxylic acids is 2. The molecular weight excluding hydrogens is 387 g/mol. The number of halogens is 1. The lowest BCUT2D eigenvalue weighted by molar-refractivity contribution is -0.123. The normalized spacial score (nSPS) is 12.0. The molecule has 0 aliphatic heterocycles. The number of benzene rings is 2. The minimum absolute atomic E-state index is 0.278. The minimum Gasteiger partial charge on any atom is -0.489 e. The molecule has 0 unspecified atom stereocenters. The smallest absolute Gasteiger partial charge is 0.408 e. The van der Waals surface area contributed by atoms with Gasteiger partial charge in [-0.2, -0.15) is 0 Å². The number of hydrogen-bond donors (Lipinski definition) is 2. The molecule has 6 nitrogen and oxygen atoms in total. The van der Waals surface area contributed by atoms with Gasteiger partial charge in [-0.25, -0.2) is 9.18 Å². The van der Waals surface area contributed by atoms with E-state index in [1.165, 1.54) is 12.1 Å². The van der Waals surface area contributed by atoms with Crippen LogP contribution in [-0.2, 0) is 22.7 Å². The molecule has 0 saturated heterocycles. The Balaban J connectivity index is 1.80. The highest BCUT2D eigenvalue weighted by Crippen LogP contribution is 2.15. The SMILES string of the molecule is CC[C@H](NC(=O)OC(C)(C)C)C(=O)NCc1ccc(OCc2ccc(F)cc2)cc1.